The summed E-state index contributed by atoms with van der Waals surface area (Å²) < 4.78 is 25.0. The molecule has 19 heavy (non-hydrogen) atoms. The van der Waals surface area contributed by atoms with Crippen LogP contribution in [0.25, 0.3) is 0 Å². The van der Waals surface area contributed by atoms with E-state index in [0.29, 0.717) is 18.0 Å². The summed E-state index contributed by atoms with van der Waals surface area (Å²) in [5, 5.41) is 5.16. The lowest BCUT2D eigenvalue weighted by molar-refractivity contribution is 0.591. The second-order valence-electron chi connectivity index (χ2n) is 4.03. The molecule has 0 bridgehead atoms. The van der Waals surface area contributed by atoms with Crippen molar-refractivity contribution in [2.24, 2.45) is 0 Å². The Morgan fingerprint density at radius 3 is 2.53 bits per heavy atom. The van der Waals surface area contributed by atoms with Crippen LogP contribution < -0.4 is 5.32 Å². The van der Waals surface area contributed by atoms with Gasteiger partial charge in [-0.25, -0.2) is 8.42 Å². The zero-order valence-corrected chi connectivity index (χ0v) is 13.4. The van der Waals surface area contributed by atoms with Crippen molar-refractivity contribution in [3.8, 4) is 0 Å². The molecule has 0 saturated heterocycles. The fourth-order valence-corrected chi connectivity index (χ4v) is 3.73. The Kier molecular flexibility index (Phi) is 5.15. The van der Waals surface area contributed by atoms with Crippen molar-refractivity contribution < 1.29 is 8.42 Å². The SMILES string of the molecule is O=S(=O)(CCNCc1cccs1)c1ccc(Br)cc1. The molecule has 0 radical (unpaired) electrons. The molecule has 102 valence electrons. The molecule has 1 aromatic carbocycles. The number of nitrogens with one attached hydrogen (secondary N) is 1. The smallest absolute Gasteiger partial charge is 0.179 e. The molecule has 3 nitrogen and oxygen atoms in total. The number of halogens is 1. The van der Waals surface area contributed by atoms with Gasteiger partial charge >= 0.3 is 0 Å². The standard InChI is InChI=1S/C13H14BrNO2S2/c14-11-3-5-13(6-4-11)19(16,17)9-7-15-10-12-2-1-8-18-12/h1-6,8,15H,7,9-10H2. The maximum absolute atomic E-state index is 12.1. The van der Waals surface area contributed by atoms with Gasteiger partial charge in [0.25, 0.3) is 0 Å². The molecular weight excluding hydrogens is 346 g/mol. The molecule has 0 fully saturated rings. The molecule has 2 aromatic rings. The predicted octanol–water partition coefficient (Wildman–Crippen LogP) is 3.07. The topological polar surface area (TPSA) is 46.2 Å². The largest absolute Gasteiger partial charge is 0.311 e. The van der Waals surface area contributed by atoms with Gasteiger partial charge in [0.15, 0.2) is 9.84 Å². The van der Waals surface area contributed by atoms with Crippen molar-refractivity contribution in [3.05, 3.63) is 51.1 Å². The average molecular weight is 360 g/mol. The molecule has 0 atom stereocenters. The van der Waals surface area contributed by atoms with E-state index < -0.39 is 9.84 Å². The summed E-state index contributed by atoms with van der Waals surface area (Å²) in [5.74, 6) is 0.111. The van der Waals surface area contributed by atoms with E-state index in [0.717, 1.165) is 4.47 Å². The minimum atomic E-state index is -3.20. The van der Waals surface area contributed by atoms with Gasteiger partial charge in [-0.2, -0.15) is 0 Å². The lowest BCUT2D eigenvalue weighted by Crippen LogP contribution is -2.22. The molecule has 0 aliphatic carbocycles. The third kappa shape index (κ3) is 4.42. The first-order valence-electron chi connectivity index (χ1n) is 5.79. The first-order valence-corrected chi connectivity index (χ1v) is 9.12. The number of thiophene rings is 1. The van der Waals surface area contributed by atoms with Crippen LogP contribution in [0.3, 0.4) is 0 Å². The van der Waals surface area contributed by atoms with Crippen LogP contribution in [0, 0.1) is 0 Å². The van der Waals surface area contributed by atoms with Crippen molar-refractivity contribution in [1.82, 2.24) is 5.32 Å². The zero-order chi connectivity index (χ0) is 13.7. The van der Waals surface area contributed by atoms with Gasteiger partial charge in [0.1, 0.15) is 0 Å². The number of benzene rings is 1. The van der Waals surface area contributed by atoms with E-state index in [2.05, 4.69) is 21.2 Å². The highest BCUT2D eigenvalue weighted by Crippen LogP contribution is 2.15. The summed E-state index contributed by atoms with van der Waals surface area (Å²) in [6, 6.07) is 10.7. The fourth-order valence-electron chi connectivity index (χ4n) is 1.59. The molecular formula is C13H14BrNO2S2. The molecule has 0 amide bonds. The monoisotopic (exact) mass is 359 g/mol. The Balaban J connectivity index is 1.86. The van der Waals surface area contributed by atoms with Gasteiger partial charge in [-0.1, -0.05) is 22.0 Å². The number of hydrogen-bond donors (Lipinski definition) is 1. The Morgan fingerprint density at radius 2 is 1.89 bits per heavy atom. The third-order valence-corrected chi connectivity index (χ3v) is 5.74. The summed E-state index contributed by atoms with van der Waals surface area (Å²) >= 11 is 4.95. The first kappa shape index (κ1) is 14.7. The van der Waals surface area contributed by atoms with Crippen molar-refractivity contribution in [2.45, 2.75) is 11.4 Å². The first-order chi connectivity index (χ1) is 9.08. The summed E-state index contributed by atoms with van der Waals surface area (Å²) in [6.07, 6.45) is 0. The minimum absolute atomic E-state index is 0.111. The van der Waals surface area contributed by atoms with E-state index in [9.17, 15) is 8.42 Å². The molecule has 1 aromatic heterocycles. The van der Waals surface area contributed by atoms with E-state index in [1.165, 1.54) is 4.88 Å². The predicted molar refractivity (Wildman–Crippen MR) is 82.2 cm³/mol. The molecule has 1 N–H and O–H groups in total. The average Bonchev–Trinajstić information content (AvgIpc) is 2.88. The van der Waals surface area contributed by atoms with Crippen LogP contribution in [0.5, 0.6) is 0 Å². The van der Waals surface area contributed by atoms with Crippen LogP contribution in [0.15, 0.2) is 51.1 Å². The number of sulfone groups is 1. The van der Waals surface area contributed by atoms with Gasteiger partial charge < -0.3 is 5.32 Å². The summed E-state index contributed by atoms with van der Waals surface area (Å²) in [7, 11) is -3.20. The van der Waals surface area contributed by atoms with Crippen LogP contribution in [-0.4, -0.2) is 20.7 Å². The van der Waals surface area contributed by atoms with Crippen LogP contribution in [0.4, 0.5) is 0 Å². The number of rotatable bonds is 6. The van der Waals surface area contributed by atoms with E-state index in [1.807, 2.05) is 17.5 Å². The highest BCUT2D eigenvalue weighted by Gasteiger charge is 2.13. The van der Waals surface area contributed by atoms with Crippen molar-refractivity contribution >= 4 is 37.1 Å². The Morgan fingerprint density at radius 1 is 1.16 bits per heavy atom. The quantitative estimate of drug-likeness (QED) is 0.806. The lowest BCUT2D eigenvalue weighted by Gasteiger charge is -2.05. The van der Waals surface area contributed by atoms with E-state index in [-0.39, 0.29) is 5.75 Å². The minimum Gasteiger partial charge on any atom is -0.311 e. The molecule has 0 saturated carbocycles. The molecule has 0 aliphatic heterocycles. The van der Waals surface area contributed by atoms with E-state index in [1.54, 1.807) is 35.6 Å². The third-order valence-electron chi connectivity index (χ3n) is 2.60. The van der Waals surface area contributed by atoms with Gasteiger partial charge in [0.05, 0.1) is 10.6 Å². The maximum atomic E-state index is 12.1. The molecule has 0 spiro atoms. The Hall–Kier alpha value is -0.690. The summed E-state index contributed by atoms with van der Waals surface area (Å²) in [5.41, 5.74) is 0. The van der Waals surface area contributed by atoms with Gasteiger partial charge in [0.2, 0.25) is 0 Å². The Labute approximate surface area is 125 Å². The normalized spacial score (nSPS) is 11.6. The molecule has 1 heterocycles. The lowest BCUT2D eigenvalue weighted by atomic mass is 10.4. The highest BCUT2D eigenvalue weighted by atomic mass is 79.9. The van der Waals surface area contributed by atoms with Crippen LogP contribution >= 0.6 is 27.3 Å². The van der Waals surface area contributed by atoms with Crippen molar-refractivity contribution in [2.75, 3.05) is 12.3 Å². The van der Waals surface area contributed by atoms with Crippen molar-refractivity contribution in [3.63, 3.8) is 0 Å². The fraction of sp³-hybridized carbons (Fsp3) is 0.231. The summed E-state index contributed by atoms with van der Waals surface area (Å²) in [6.45, 7) is 1.17. The van der Waals surface area contributed by atoms with Gasteiger partial charge in [0, 0.05) is 22.4 Å². The highest BCUT2D eigenvalue weighted by molar-refractivity contribution is 9.10. The summed E-state index contributed by atoms with van der Waals surface area (Å²) in [4.78, 5) is 1.58. The van der Waals surface area contributed by atoms with Gasteiger partial charge in [-0.3, -0.25) is 0 Å². The van der Waals surface area contributed by atoms with Gasteiger partial charge in [-0.05, 0) is 35.7 Å². The van der Waals surface area contributed by atoms with Crippen LogP contribution in [-0.2, 0) is 16.4 Å². The van der Waals surface area contributed by atoms with Gasteiger partial charge in [-0.15, -0.1) is 11.3 Å². The van der Waals surface area contributed by atoms with E-state index in [4.69, 9.17) is 0 Å². The van der Waals surface area contributed by atoms with Crippen molar-refractivity contribution in [1.29, 1.82) is 0 Å². The Bertz CT molecular complexity index is 607. The van der Waals surface area contributed by atoms with Crippen LogP contribution in [0.1, 0.15) is 4.88 Å². The van der Waals surface area contributed by atoms with E-state index >= 15 is 0 Å². The number of hydrogen-bond acceptors (Lipinski definition) is 4. The molecule has 0 aliphatic rings. The second-order valence-corrected chi connectivity index (χ2v) is 8.09. The molecule has 0 unspecified atom stereocenters. The molecule has 2 rings (SSSR count). The van der Waals surface area contributed by atoms with Crippen LogP contribution in [0.2, 0.25) is 0 Å². The zero-order valence-electron chi connectivity index (χ0n) is 10.2. The maximum Gasteiger partial charge on any atom is 0.179 e. The molecule has 6 heteroatoms. The second kappa shape index (κ2) is 6.65.